The molecule has 110 valence electrons. The first-order valence-electron chi connectivity index (χ1n) is 6.71. The van der Waals surface area contributed by atoms with Gasteiger partial charge in [-0.25, -0.2) is 0 Å². The largest absolute Gasteiger partial charge is 0.481 e. The van der Waals surface area contributed by atoms with Crippen LogP contribution >= 0.6 is 11.8 Å². The number of aliphatic carboxylic acids is 1. The van der Waals surface area contributed by atoms with Crippen LogP contribution in [-0.4, -0.2) is 21.4 Å². The van der Waals surface area contributed by atoms with Crippen molar-refractivity contribution in [2.45, 2.75) is 4.90 Å². The fraction of sp³-hybridized carbons (Fsp3) is 0.0588. The van der Waals surface area contributed by atoms with Crippen molar-refractivity contribution < 1.29 is 9.90 Å². The van der Waals surface area contributed by atoms with Gasteiger partial charge in [0.25, 0.3) is 5.56 Å². The molecule has 22 heavy (non-hydrogen) atoms. The molecule has 0 aliphatic rings. The molecule has 0 fully saturated rings. The molecule has 0 radical (unpaired) electrons. The molecule has 0 spiro atoms. The summed E-state index contributed by atoms with van der Waals surface area (Å²) in [5.74, 6) is -0.972. The Morgan fingerprint density at radius 2 is 1.73 bits per heavy atom. The van der Waals surface area contributed by atoms with Gasteiger partial charge in [0, 0.05) is 22.0 Å². The van der Waals surface area contributed by atoms with E-state index in [-0.39, 0.29) is 11.3 Å². The van der Waals surface area contributed by atoms with Crippen molar-refractivity contribution in [3.05, 3.63) is 71.0 Å². The topological polar surface area (TPSA) is 59.3 Å². The molecule has 0 aliphatic heterocycles. The van der Waals surface area contributed by atoms with Crippen LogP contribution in [0, 0.1) is 0 Å². The third-order valence-electron chi connectivity index (χ3n) is 3.25. The van der Waals surface area contributed by atoms with Gasteiger partial charge in [0.05, 0.1) is 11.3 Å². The maximum atomic E-state index is 12.5. The van der Waals surface area contributed by atoms with E-state index in [1.54, 1.807) is 4.57 Å². The van der Waals surface area contributed by atoms with Crippen LogP contribution in [0.1, 0.15) is 0 Å². The van der Waals surface area contributed by atoms with Crippen molar-refractivity contribution in [1.82, 2.24) is 4.57 Å². The molecule has 0 saturated heterocycles. The molecule has 5 heteroatoms. The highest BCUT2D eigenvalue weighted by Gasteiger charge is 2.11. The average molecular weight is 311 g/mol. The predicted octanol–water partition coefficient (Wildman–Crippen LogP) is 3.17. The van der Waals surface area contributed by atoms with Crippen LogP contribution in [0.3, 0.4) is 0 Å². The van der Waals surface area contributed by atoms with E-state index < -0.39 is 5.97 Å². The van der Waals surface area contributed by atoms with Gasteiger partial charge in [0.2, 0.25) is 0 Å². The van der Waals surface area contributed by atoms with E-state index in [0.717, 1.165) is 28.4 Å². The number of fused-ring (bicyclic) bond motifs is 1. The molecule has 1 heterocycles. The number of nitrogens with zero attached hydrogens (tertiary/aromatic N) is 1. The second-order valence-corrected chi connectivity index (χ2v) is 5.73. The van der Waals surface area contributed by atoms with Crippen molar-refractivity contribution in [1.29, 1.82) is 0 Å². The molecule has 2 aromatic carbocycles. The number of thioether (sulfide) groups is 1. The summed E-state index contributed by atoms with van der Waals surface area (Å²) < 4.78 is 1.64. The Morgan fingerprint density at radius 3 is 2.45 bits per heavy atom. The molecule has 1 aromatic heterocycles. The minimum absolute atomic E-state index is 0.0707. The molecule has 0 atom stereocenters. The first-order valence-corrected chi connectivity index (χ1v) is 7.70. The summed E-state index contributed by atoms with van der Waals surface area (Å²) in [7, 11) is 0. The van der Waals surface area contributed by atoms with E-state index in [4.69, 9.17) is 5.11 Å². The monoisotopic (exact) mass is 311 g/mol. The van der Waals surface area contributed by atoms with Gasteiger partial charge in [0.1, 0.15) is 0 Å². The van der Waals surface area contributed by atoms with Crippen LogP contribution in [0.5, 0.6) is 0 Å². The minimum Gasteiger partial charge on any atom is -0.481 e. The summed E-state index contributed by atoms with van der Waals surface area (Å²) in [4.78, 5) is 24.0. The number of pyridine rings is 1. The van der Waals surface area contributed by atoms with Crippen molar-refractivity contribution >= 4 is 28.6 Å². The van der Waals surface area contributed by atoms with Crippen LogP contribution in [-0.2, 0) is 4.79 Å². The lowest BCUT2D eigenvalue weighted by Gasteiger charge is -2.12. The first kappa shape index (κ1) is 14.4. The quantitative estimate of drug-likeness (QED) is 0.752. The van der Waals surface area contributed by atoms with Gasteiger partial charge in [0.15, 0.2) is 0 Å². The van der Waals surface area contributed by atoms with Crippen molar-refractivity contribution in [2.75, 3.05) is 5.75 Å². The number of hydrogen-bond acceptors (Lipinski definition) is 3. The summed E-state index contributed by atoms with van der Waals surface area (Å²) in [6.07, 6.45) is 0. The van der Waals surface area contributed by atoms with E-state index in [9.17, 15) is 9.59 Å². The van der Waals surface area contributed by atoms with Crippen LogP contribution in [0.15, 0.2) is 70.4 Å². The summed E-state index contributed by atoms with van der Waals surface area (Å²) in [5, 5.41) is 9.72. The highest BCUT2D eigenvalue weighted by atomic mass is 32.2. The molecule has 1 N–H and O–H groups in total. The predicted molar refractivity (Wildman–Crippen MR) is 87.9 cm³/mol. The van der Waals surface area contributed by atoms with Gasteiger partial charge < -0.3 is 5.11 Å². The fourth-order valence-electron chi connectivity index (χ4n) is 2.35. The SMILES string of the molecule is O=C(O)CSc1cc(=O)n(-c2ccccc2)c2ccccc12. The Kier molecular flexibility index (Phi) is 3.98. The van der Waals surface area contributed by atoms with E-state index in [0.29, 0.717) is 4.90 Å². The number of aromatic nitrogens is 1. The summed E-state index contributed by atoms with van der Waals surface area (Å²) >= 11 is 1.16. The number of carbonyl (C=O) groups is 1. The molecule has 0 saturated carbocycles. The van der Waals surface area contributed by atoms with Crippen molar-refractivity contribution in [3.63, 3.8) is 0 Å². The standard InChI is InChI=1S/C17H13NO3S/c19-16-10-15(22-11-17(20)21)13-8-4-5-9-14(13)18(16)12-6-2-1-3-7-12/h1-10H,11H2,(H,20,21). The molecule has 4 nitrogen and oxygen atoms in total. The zero-order chi connectivity index (χ0) is 15.5. The maximum absolute atomic E-state index is 12.5. The lowest BCUT2D eigenvalue weighted by molar-refractivity contribution is -0.133. The van der Waals surface area contributed by atoms with E-state index in [2.05, 4.69) is 0 Å². The molecule has 3 rings (SSSR count). The number of carboxylic acid groups (broad SMARTS) is 1. The third-order valence-corrected chi connectivity index (χ3v) is 4.29. The summed E-state index contributed by atoms with van der Waals surface area (Å²) in [5.41, 5.74) is 1.39. The van der Waals surface area contributed by atoms with Gasteiger partial charge in [-0.05, 0) is 18.2 Å². The molecule has 0 unspecified atom stereocenters. The zero-order valence-electron chi connectivity index (χ0n) is 11.6. The van der Waals surface area contributed by atoms with Crippen LogP contribution in [0.4, 0.5) is 0 Å². The van der Waals surface area contributed by atoms with Crippen molar-refractivity contribution in [3.8, 4) is 5.69 Å². The summed E-state index contributed by atoms with van der Waals surface area (Å²) in [6, 6.07) is 18.4. The van der Waals surface area contributed by atoms with Crippen LogP contribution < -0.4 is 5.56 Å². The van der Waals surface area contributed by atoms with Gasteiger partial charge in [-0.15, -0.1) is 11.8 Å². The second kappa shape index (κ2) is 6.07. The van der Waals surface area contributed by atoms with Gasteiger partial charge in [-0.3, -0.25) is 14.2 Å². The van der Waals surface area contributed by atoms with E-state index >= 15 is 0 Å². The van der Waals surface area contributed by atoms with E-state index in [1.165, 1.54) is 6.07 Å². The molecule has 0 aliphatic carbocycles. The second-order valence-electron chi connectivity index (χ2n) is 4.72. The first-order chi connectivity index (χ1) is 10.7. The third kappa shape index (κ3) is 2.76. The Balaban J connectivity index is 2.24. The highest BCUT2D eigenvalue weighted by molar-refractivity contribution is 8.00. The number of para-hydroxylation sites is 2. The van der Waals surface area contributed by atoms with Gasteiger partial charge >= 0.3 is 5.97 Å². The normalized spacial score (nSPS) is 10.7. The summed E-state index contributed by atoms with van der Waals surface area (Å²) in [6.45, 7) is 0. The zero-order valence-corrected chi connectivity index (χ0v) is 12.4. The molecule has 0 amide bonds. The Hall–Kier alpha value is -2.53. The van der Waals surface area contributed by atoms with Gasteiger partial charge in [-0.1, -0.05) is 36.4 Å². The molecular formula is C17H13NO3S. The number of hydrogen-bond donors (Lipinski definition) is 1. The number of rotatable bonds is 4. The Labute approximate surface area is 131 Å². The minimum atomic E-state index is -0.902. The van der Waals surface area contributed by atoms with E-state index in [1.807, 2.05) is 54.6 Å². The highest BCUT2D eigenvalue weighted by Crippen LogP contribution is 2.27. The fourth-order valence-corrected chi connectivity index (χ4v) is 3.14. The Bertz CT molecular complexity index is 887. The van der Waals surface area contributed by atoms with Crippen molar-refractivity contribution in [2.24, 2.45) is 0 Å². The van der Waals surface area contributed by atoms with Crippen LogP contribution in [0.25, 0.3) is 16.6 Å². The van der Waals surface area contributed by atoms with Crippen LogP contribution in [0.2, 0.25) is 0 Å². The van der Waals surface area contributed by atoms with Gasteiger partial charge in [-0.2, -0.15) is 0 Å². The maximum Gasteiger partial charge on any atom is 0.313 e. The number of carboxylic acids is 1. The lowest BCUT2D eigenvalue weighted by Crippen LogP contribution is -2.18. The lowest BCUT2D eigenvalue weighted by atomic mass is 10.2. The molecule has 0 bridgehead atoms. The molecular weight excluding hydrogens is 298 g/mol. The number of benzene rings is 2. The smallest absolute Gasteiger partial charge is 0.313 e. The average Bonchev–Trinajstić information content (AvgIpc) is 2.53. The molecule has 3 aromatic rings. The Morgan fingerprint density at radius 1 is 1.05 bits per heavy atom.